The van der Waals surface area contributed by atoms with Crippen molar-refractivity contribution >= 4 is 48.9 Å². The molecule has 6 heteroatoms. The minimum Gasteiger partial charge on any atom is -0.512 e. The largest absolute Gasteiger partial charge is 0.512 e. The number of rotatable bonds is 11. The molecule has 1 N–H and O–H groups in total. The van der Waals surface area contributed by atoms with Crippen molar-refractivity contribution in [2.24, 2.45) is 16.7 Å². The van der Waals surface area contributed by atoms with Gasteiger partial charge in [-0.15, -0.1) is 40.5 Å². The van der Waals surface area contributed by atoms with Gasteiger partial charge in [0.05, 0.1) is 0 Å². The predicted octanol–water partition coefficient (Wildman–Crippen LogP) is 15.1. The third kappa shape index (κ3) is 9.09. The average Bonchev–Trinajstić information content (AvgIpc) is 3.67. The summed E-state index contributed by atoms with van der Waals surface area (Å²) in [5.74, 6) is 1.88. The van der Waals surface area contributed by atoms with E-state index in [9.17, 15) is 9.90 Å². The van der Waals surface area contributed by atoms with E-state index in [0.29, 0.717) is 5.92 Å². The minimum absolute atomic E-state index is 0. The molecule has 0 saturated heterocycles. The third-order valence-electron chi connectivity index (χ3n) is 12.1. The van der Waals surface area contributed by atoms with Crippen LogP contribution in [0, 0.1) is 36.7 Å². The molecule has 3 aromatic carbocycles. The van der Waals surface area contributed by atoms with Crippen molar-refractivity contribution in [3.05, 3.63) is 100 Å². The van der Waals surface area contributed by atoms with Crippen LogP contribution in [0.3, 0.4) is 0 Å². The molecule has 1 radical (unpaired) electrons. The van der Waals surface area contributed by atoms with E-state index in [0.717, 1.165) is 71.0 Å². The number of benzene rings is 3. The second-order valence-corrected chi connectivity index (χ2v) is 18.6. The van der Waals surface area contributed by atoms with Crippen LogP contribution in [0.15, 0.2) is 77.0 Å². The van der Waals surface area contributed by atoms with E-state index in [-0.39, 0.29) is 47.9 Å². The smallest absolute Gasteiger partial charge is 0.164 e. The van der Waals surface area contributed by atoms with Crippen molar-refractivity contribution in [3.8, 4) is 22.6 Å². The molecule has 0 atom stereocenters. The summed E-state index contributed by atoms with van der Waals surface area (Å²) in [5, 5.41) is 14.8. The number of fused-ring (bicyclic) bond motifs is 3. The van der Waals surface area contributed by atoms with Crippen LogP contribution in [0.25, 0.3) is 54.4 Å². The number of aliphatic hydroxyl groups excluding tert-OH is 1. The fourth-order valence-electron chi connectivity index (χ4n) is 7.44. The zero-order valence-electron chi connectivity index (χ0n) is 35.9. The molecule has 3 aromatic heterocycles. The fraction of sp³-hybridized carbons (Fsp3) is 0.440. The summed E-state index contributed by atoms with van der Waals surface area (Å²) in [7, 11) is 0. The van der Waals surface area contributed by atoms with Crippen molar-refractivity contribution in [2.45, 2.75) is 128 Å². The molecule has 0 unspecified atom stereocenters. The first kappa shape index (κ1) is 45.1. The zero-order chi connectivity index (χ0) is 40.5. The van der Waals surface area contributed by atoms with E-state index in [4.69, 9.17) is 9.40 Å². The number of aliphatic hydroxyl groups is 1. The van der Waals surface area contributed by atoms with Gasteiger partial charge in [0.15, 0.2) is 5.78 Å². The first-order valence-electron chi connectivity index (χ1n) is 20.2. The van der Waals surface area contributed by atoms with Crippen molar-refractivity contribution < 1.29 is 34.4 Å². The summed E-state index contributed by atoms with van der Waals surface area (Å²) in [4.78, 5) is 18.4. The van der Waals surface area contributed by atoms with E-state index >= 15 is 0 Å². The number of thiophene rings is 1. The first-order valence-corrected chi connectivity index (χ1v) is 21.0. The average molecular weight is 949 g/mol. The van der Waals surface area contributed by atoms with Gasteiger partial charge in [0, 0.05) is 74.8 Å². The molecule has 0 amide bonds. The summed E-state index contributed by atoms with van der Waals surface area (Å²) in [6, 6.07) is 23.4. The summed E-state index contributed by atoms with van der Waals surface area (Å²) in [6.45, 7) is 27.8. The number of hydrogen-bond acceptors (Lipinski definition) is 5. The van der Waals surface area contributed by atoms with E-state index < -0.39 is 0 Å². The van der Waals surface area contributed by atoms with Crippen LogP contribution in [0.4, 0.5) is 0 Å². The number of carbonyl (C=O) groups is 1. The Labute approximate surface area is 353 Å². The summed E-state index contributed by atoms with van der Waals surface area (Å²) in [6.07, 6.45) is 7.71. The number of carbonyl (C=O) groups excluding carboxylic acids is 1. The topological polar surface area (TPSA) is 63.3 Å². The second kappa shape index (κ2) is 17.9. The number of aryl methyl sites for hydroxylation is 2. The Hall–Kier alpha value is -3.57. The Morgan fingerprint density at radius 1 is 0.893 bits per heavy atom. The van der Waals surface area contributed by atoms with Crippen LogP contribution in [0.5, 0.6) is 0 Å². The Kier molecular flexibility index (Phi) is 14.4. The number of aromatic nitrogens is 1. The van der Waals surface area contributed by atoms with Crippen LogP contribution < -0.4 is 0 Å². The number of hydrogen-bond donors (Lipinski definition) is 1. The van der Waals surface area contributed by atoms with Crippen LogP contribution in [-0.4, -0.2) is 15.9 Å². The molecule has 0 bridgehead atoms. The Morgan fingerprint density at radius 2 is 1.54 bits per heavy atom. The van der Waals surface area contributed by atoms with Crippen molar-refractivity contribution in [2.75, 3.05) is 0 Å². The van der Waals surface area contributed by atoms with Crippen LogP contribution in [0.2, 0.25) is 0 Å². The number of ketones is 1. The normalized spacial score (nSPS) is 12.6. The molecule has 4 nitrogen and oxygen atoms in total. The van der Waals surface area contributed by atoms with Gasteiger partial charge in [-0.3, -0.25) is 9.78 Å². The maximum Gasteiger partial charge on any atom is 0.164 e. The van der Waals surface area contributed by atoms with Crippen molar-refractivity contribution in [3.63, 3.8) is 0 Å². The van der Waals surface area contributed by atoms with Crippen molar-refractivity contribution in [1.29, 1.82) is 0 Å². The van der Waals surface area contributed by atoms with Gasteiger partial charge < -0.3 is 9.52 Å². The molecule has 301 valence electrons. The monoisotopic (exact) mass is 949 g/mol. The molecule has 3 heterocycles. The maximum absolute atomic E-state index is 12.2. The van der Waals surface area contributed by atoms with E-state index in [1.54, 1.807) is 0 Å². The van der Waals surface area contributed by atoms with Gasteiger partial charge in [0.25, 0.3) is 0 Å². The molecule has 6 rings (SSSR count). The molecule has 0 fully saturated rings. The maximum atomic E-state index is 12.2. The first-order chi connectivity index (χ1) is 25.9. The molecule has 0 saturated carbocycles. The van der Waals surface area contributed by atoms with Crippen molar-refractivity contribution in [1.82, 2.24) is 4.98 Å². The summed E-state index contributed by atoms with van der Waals surface area (Å²) in [5.41, 5.74) is 7.26. The molecule has 6 aromatic rings. The van der Waals surface area contributed by atoms with Crippen LogP contribution in [0.1, 0.15) is 123 Å². The minimum atomic E-state index is -0.337. The third-order valence-corrected chi connectivity index (χ3v) is 13.2. The molecule has 0 spiro atoms. The number of furan rings is 1. The van der Waals surface area contributed by atoms with E-state index in [2.05, 4.69) is 103 Å². The van der Waals surface area contributed by atoms with Gasteiger partial charge >= 0.3 is 0 Å². The number of allylic oxidation sites excluding steroid dienone is 2. The molecule has 56 heavy (non-hydrogen) atoms. The number of nitrogens with zero attached hydrogens (tertiary/aromatic N) is 1. The Morgan fingerprint density at radius 3 is 2.14 bits per heavy atom. The molecule has 0 aliphatic heterocycles. The second-order valence-electron chi connectivity index (χ2n) is 17.4. The van der Waals surface area contributed by atoms with Gasteiger partial charge in [0.2, 0.25) is 0 Å². The zero-order valence-corrected chi connectivity index (χ0v) is 39.1. The van der Waals surface area contributed by atoms with E-state index in [1.165, 1.54) is 43.1 Å². The molecule has 0 aliphatic carbocycles. The predicted molar refractivity (Wildman–Crippen MR) is 236 cm³/mol. The molecular formula is C50H62IrNO3S-. The Balaban J connectivity index is 0.000000330. The molecule has 0 aliphatic rings. The standard InChI is InChI=1S/C35H34NOS.C15H28O2.Ir/c1-20(2)16-23-12-13-27-30(17-23)38-22(4)32(27)34-21(3)31-29(37-34)14-15-36-33(31)25-18-24-10-8-9-11-26(24)28(19-25)35(5,6)7;1-7-14(5,8-2)12(16)11-13(17)15(6,9-3)10-4;/h8-15,17,19-20H,16H2,1-7H3;11,16H,7-10H2,1-6H3;/q-1;;/b;12-11-;. The van der Waals surface area contributed by atoms with Crippen LogP contribution >= 0.6 is 11.3 Å². The van der Waals surface area contributed by atoms with E-state index in [1.807, 2.05) is 65.1 Å². The summed E-state index contributed by atoms with van der Waals surface area (Å²) >= 11 is 1.86. The SMILES string of the molecule is CCC(C)(CC)C(=O)/C=C(\O)C(C)(CC)CC.Cc1sc2cc(CC(C)C)ccc2c1-c1oc2ccnc(-c3[c-]c4ccccc4c(C(C)(C)C)c3)c2c1C.[Ir]. The summed E-state index contributed by atoms with van der Waals surface area (Å²) < 4.78 is 7.95. The van der Waals surface area contributed by atoms with Gasteiger partial charge in [-0.2, -0.15) is 0 Å². The number of pyridine rings is 1. The van der Waals surface area contributed by atoms with Gasteiger partial charge in [-0.05, 0) is 80.5 Å². The van der Waals surface area contributed by atoms with Gasteiger partial charge in [-0.1, -0.05) is 117 Å². The molecular weight excluding hydrogens is 887 g/mol. The van der Waals surface area contributed by atoms with Crippen LogP contribution in [-0.2, 0) is 36.7 Å². The Bertz CT molecular complexity index is 2340. The quantitative estimate of drug-likeness (QED) is 0.0798. The fourth-order valence-corrected chi connectivity index (χ4v) is 8.56. The van der Waals surface area contributed by atoms with Gasteiger partial charge in [-0.25, -0.2) is 0 Å². The van der Waals surface area contributed by atoms with Gasteiger partial charge in [0.1, 0.15) is 17.1 Å².